The lowest BCUT2D eigenvalue weighted by molar-refractivity contribution is 0.206. The Hall–Kier alpha value is -0.380. The summed E-state index contributed by atoms with van der Waals surface area (Å²) in [6.45, 7) is 6.95. The zero-order valence-electron chi connectivity index (χ0n) is 10.3. The van der Waals surface area contributed by atoms with Gasteiger partial charge in [0.1, 0.15) is 0 Å². The first-order chi connectivity index (χ1) is 7.75. The van der Waals surface area contributed by atoms with Crippen LogP contribution >= 0.6 is 11.3 Å². The summed E-state index contributed by atoms with van der Waals surface area (Å²) in [5, 5.41) is 5.78. The molecule has 0 aliphatic carbocycles. The maximum Gasteiger partial charge on any atom is 0.0302 e. The molecular formula is C13H22N2S. The van der Waals surface area contributed by atoms with Gasteiger partial charge in [0.25, 0.3) is 0 Å². The number of hydrogen-bond acceptors (Lipinski definition) is 3. The highest BCUT2D eigenvalue weighted by molar-refractivity contribution is 7.10. The summed E-state index contributed by atoms with van der Waals surface area (Å²) in [4.78, 5) is 3.94. The SMILES string of the molecule is Cc1ccsc1CNCC1CCCN(C)C1. The first-order valence-electron chi connectivity index (χ1n) is 6.18. The van der Waals surface area contributed by atoms with Gasteiger partial charge < -0.3 is 10.2 Å². The van der Waals surface area contributed by atoms with Crippen LogP contribution in [-0.4, -0.2) is 31.6 Å². The summed E-state index contributed by atoms with van der Waals surface area (Å²) in [5.41, 5.74) is 1.43. The molecule has 1 atom stereocenters. The van der Waals surface area contributed by atoms with Gasteiger partial charge in [0.05, 0.1) is 0 Å². The molecule has 1 aromatic rings. The molecule has 2 nitrogen and oxygen atoms in total. The molecule has 0 saturated carbocycles. The second-order valence-corrected chi connectivity index (χ2v) is 5.93. The van der Waals surface area contributed by atoms with Crippen LogP contribution in [0.1, 0.15) is 23.3 Å². The highest BCUT2D eigenvalue weighted by Crippen LogP contribution is 2.16. The fraction of sp³-hybridized carbons (Fsp3) is 0.692. The third kappa shape index (κ3) is 3.30. The van der Waals surface area contributed by atoms with Gasteiger partial charge in [-0.1, -0.05) is 0 Å². The van der Waals surface area contributed by atoms with E-state index in [4.69, 9.17) is 0 Å². The van der Waals surface area contributed by atoms with E-state index in [1.807, 2.05) is 11.3 Å². The van der Waals surface area contributed by atoms with Gasteiger partial charge in [-0.25, -0.2) is 0 Å². The predicted octanol–water partition coefficient (Wildman–Crippen LogP) is 2.49. The normalized spacial score (nSPS) is 22.5. The summed E-state index contributed by atoms with van der Waals surface area (Å²) in [5.74, 6) is 0.846. The fourth-order valence-corrected chi connectivity index (χ4v) is 3.29. The highest BCUT2D eigenvalue weighted by Gasteiger charge is 2.16. The van der Waals surface area contributed by atoms with Crippen LogP contribution in [0.5, 0.6) is 0 Å². The first-order valence-corrected chi connectivity index (χ1v) is 7.06. The van der Waals surface area contributed by atoms with Gasteiger partial charge in [0.15, 0.2) is 0 Å². The second-order valence-electron chi connectivity index (χ2n) is 4.93. The maximum atomic E-state index is 3.60. The first kappa shape index (κ1) is 12.1. The van der Waals surface area contributed by atoms with E-state index in [2.05, 4.69) is 35.6 Å². The third-order valence-corrected chi connectivity index (χ3v) is 4.43. The van der Waals surface area contributed by atoms with Gasteiger partial charge in [0.2, 0.25) is 0 Å². The quantitative estimate of drug-likeness (QED) is 0.867. The topological polar surface area (TPSA) is 15.3 Å². The van der Waals surface area contributed by atoms with E-state index in [0.717, 1.165) is 12.5 Å². The van der Waals surface area contributed by atoms with Crippen LogP contribution in [0.25, 0.3) is 0 Å². The van der Waals surface area contributed by atoms with Crippen LogP contribution in [-0.2, 0) is 6.54 Å². The van der Waals surface area contributed by atoms with Crippen molar-refractivity contribution >= 4 is 11.3 Å². The molecule has 0 aromatic carbocycles. The van der Waals surface area contributed by atoms with Crippen LogP contribution in [0.3, 0.4) is 0 Å². The molecule has 1 aromatic heterocycles. The van der Waals surface area contributed by atoms with Crippen molar-refractivity contribution in [3.63, 3.8) is 0 Å². The molecule has 1 fully saturated rings. The van der Waals surface area contributed by atoms with Gasteiger partial charge in [-0.2, -0.15) is 0 Å². The molecule has 1 aliphatic heterocycles. The van der Waals surface area contributed by atoms with Crippen molar-refractivity contribution in [2.24, 2.45) is 5.92 Å². The van der Waals surface area contributed by atoms with Gasteiger partial charge in [-0.15, -0.1) is 11.3 Å². The van der Waals surface area contributed by atoms with Crippen molar-refractivity contribution in [3.8, 4) is 0 Å². The number of rotatable bonds is 4. The van der Waals surface area contributed by atoms with E-state index in [-0.39, 0.29) is 0 Å². The number of nitrogens with zero attached hydrogens (tertiary/aromatic N) is 1. The zero-order chi connectivity index (χ0) is 11.4. The summed E-state index contributed by atoms with van der Waals surface area (Å²) < 4.78 is 0. The number of likely N-dealkylation sites (tertiary alicyclic amines) is 1. The molecule has 0 spiro atoms. The average Bonchev–Trinajstić information content (AvgIpc) is 2.65. The van der Waals surface area contributed by atoms with Crippen LogP contribution in [0.15, 0.2) is 11.4 Å². The molecule has 0 amide bonds. The molecule has 2 heterocycles. The fourth-order valence-electron chi connectivity index (χ4n) is 2.41. The third-order valence-electron chi connectivity index (χ3n) is 3.41. The minimum atomic E-state index is 0.846. The predicted molar refractivity (Wildman–Crippen MR) is 71.0 cm³/mol. The Labute approximate surface area is 103 Å². The standard InChI is InChI=1S/C13H22N2S/c1-11-5-7-16-13(11)9-14-8-12-4-3-6-15(2)10-12/h5,7,12,14H,3-4,6,8-10H2,1-2H3. The Morgan fingerprint density at radius 2 is 2.44 bits per heavy atom. The lowest BCUT2D eigenvalue weighted by atomic mass is 9.98. The lowest BCUT2D eigenvalue weighted by Gasteiger charge is -2.29. The Balaban J connectivity index is 1.70. The average molecular weight is 238 g/mol. The smallest absolute Gasteiger partial charge is 0.0302 e. The second kappa shape index (κ2) is 5.80. The molecule has 0 bridgehead atoms. The summed E-state index contributed by atoms with van der Waals surface area (Å²) in [6.07, 6.45) is 2.75. The molecule has 2 rings (SSSR count). The number of thiophene rings is 1. The summed E-state index contributed by atoms with van der Waals surface area (Å²) >= 11 is 1.86. The Bertz CT molecular complexity index is 321. The lowest BCUT2D eigenvalue weighted by Crippen LogP contribution is -2.37. The monoisotopic (exact) mass is 238 g/mol. The van der Waals surface area contributed by atoms with Gasteiger partial charge in [0, 0.05) is 18.0 Å². The van der Waals surface area contributed by atoms with Crippen LogP contribution in [0.2, 0.25) is 0 Å². The number of piperidine rings is 1. The van der Waals surface area contributed by atoms with Crippen molar-refractivity contribution in [2.75, 3.05) is 26.7 Å². The van der Waals surface area contributed by atoms with E-state index >= 15 is 0 Å². The molecular weight excluding hydrogens is 216 g/mol. The molecule has 1 saturated heterocycles. The molecule has 16 heavy (non-hydrogen) atoms. The molecule has 0 radical (unpaired) electrons. The van der Waals surface area contributed by atoms with Crippen molar-refractivity contribution in [3.05, 3.63) is 21.9 Å². The van der Waals surface area contributed by atoms with Crippen LogP contribution < -0.4 is 5.32 Å². The van der Waals surface area contributed by atoms with Gasteiger partial charge in [-0.05, 0) is 62.8 Å². The zero-order valence-corrected chi connectivity index (χ0v) is 11.1. The maximum absolute atomic E-state index is 3.60. The van der Waals surface area contributed by atoms with Gasteiger partial charge in [-0.3, -0.25) is 0 Å². The van der Waals surface area contributed by atoms with E-state index in [1.54, 1.807) is 0 Å². The summed E-state index contributed by atoms with van der Waals surface area (Å²) in [7, 11) is 2.23. The van der Waals surface area contributed by atoms with Crippen LogP contribution in [0.4, 0.5) is 0 Å². The van der Waals surface area contributed by atoms with Crippen molar-refractivity contribution in [1.29, 1.82) is 0 Å². The largest absolute Gasteiger partial charge is 0.312 e. The number of aryl methyl sites for hydroxylation is 1. The number of nitrogens with one attached hydrogen (secondary N) is 1. The summed E-state index contributed by atoms with van der Waals surface area (Å²) in [6, 6.07) is 2.20. The molecule has 90 valence electrons. The van der Waals surface area contributed by atoms with E-state index in [9.17, 15) is 0 Å². The van der Waals surface area contributed by atoms with Crippen LogP contribution in [0, 0.1) is 12.8 Å². The Kier molecular flexibility index (Phi) is 4.38. The van der Waals surface area contributed by atoms with Crippen molar-refractivity contribution < 1.29 is 0 Å². The minimum absolute atomic E-state index is 0.846. The van der Waals surface area contributed by atoms with Crippen molar-refractivity contribution in [2.45, 2.75) is 26.3 Å². The Morgan fingerprint density at radius 1 is 1.56 bits per heavy atom. The van der Waals surface area contributed by atoms with E-state index in [0.29, 0.717) is 0 Å². The molecule has 1 N–H and O–H groups in total. The molecule has 1 aliphatic rings. The molecule has 3 heteroatoms. The van der Waals surface area contributed by atoms with E-state index < -0.39 is 0 Å². The number of hydrogen-bond donors (Lipinski definition) is 1. The Morgan fingerprint density at radius 3 is 3.12 bits per heavy atom. The van der Waals surface area contributed by atoms with Gasteiger partial charge >= 0.3 is 0 Å². The molecule has 1 unspecified atom stereocenters. The van der Waals surface area contributed by atoms with E-state index in [1.165, 1.54) is 42.9 Å². The van der Waals surface area contributed by atoms with Crippen molar-refractivity contribution in [1.82, 2.24) is 10.2 Å². The minimum Gasteiger partial charge on any atom is -0.312 e. The highest BCUT2D eigenvalue weighted by atomic mass is 32.1.